The highest BCUT2D eigenvalue weighted by Crippen LogP contribution is 2.28. The number of nitrogens with one attached hydrogen (secondary N) is 1. The molecule has 0 spiro atoms. The second-order valence-corrected chi connectivity index (χ2v) is 6.55. The van der Waals surface area contributed by atoms with Crippen LogP contribution < -0.4 is 11.1 Å². The highest BCUT2D eigenvalue weighted by atomic mass is 16.3. The maximum atomic E-state index is 10.7. The lowest BCUT2D eigenvalue weighted by Crippen LogP contribution is -2.54. The summed E-state index contributed by atoms with van der Waals surface area (Å²) >= 11 is 0. The number of piperazine rings is 1. The molecule has 3 rings (SSSR count). The molecule has 6 heteroatoms. The van der Waals surface area contributed by atoms with E-state index in [0.717, 1.165) is 29.8 Å². The summed E-state index contributed by atoms with van der Waals surface area (Å²) < 4.78 is 0. The molecule has 24 heavy (non-hydrogen) atoms. The van der Waals surface area contributed by atoms with Gasteiger partial charge >= 0.3 is 0 Å². The highest BCUT2D eigenvalue weighted by molar-refractivity contribution is 5.66. The van der Waals surface area contributed by atoms with Gasteiger partial charge in [-0.2, -0.15) is 0 Å². The van der Waals surface area contributed by atoms with Crippen LogP contribution in [0.5, 0.6) is 5.75 Å². The standard InChI is InChI=1S/C18H24N4O2/c1-11-9-22(10-12(2)21-11)18(24)14-5-3-13(4-6-14)15-7-16(23)17(19)20-8-15/h3-8,11-12,18,21,23-24H,9-10H2,1-2H3,(H2,19,20)/t11-,12+,18?. The summed E-state index contributed by atoms with van der Waals surface area (Å²) in [7, 11) is 0. The number of aromatic hydroxyl groups is 1. The first-order valence-corrected chi connectivity index (χ1v) is 8.17. The lowest BCUT2D eigenvalue weighted by Gasteiger charge is -2.38. The number of hydrogen-bond acceptors (Lipinski definition) is 6. The molecule has 1 unspecified atom stereocenters. The molecule has 0 aliphatic carbocycles. The summed E-state index contributed by atoms with van der Waals surface area (Å²) in [6.45, 7) is 5.87. The fourth-order valence-corrected chi connectivity index (χ4v) is 3.25. The predicted molar refractivity (Wildman–Crippen MR) is 94.3 cm³/mol. The molecule has 2 aromatic rings. The van der Waals surface area contributed by atoms with Gasteiger partial charge in [0.1, 0.15) is 6.23 Å². The van der Waals surface area contributed by atoms with Gasteiger partial charge in [-0.05, 0) is 31.0 Å². The normalized spacial score (nSPS) is 23.1. The van der Waals surface area contributed by atoms with Gasteiger partial charge in [-0.1, -0.05) is 24.3 Å². The fraction of sp³-hybridized carbons (Fsp3) is 0.389. The molecule has 0 saturated carbocycles. The molecule has 128 valence electrons. The number of benzene rings is 1. The quantitative estimate of drug-likeness (QED) is 0.685. The van der Waals surface area contributed by atoms with Crippen LogP contribution in [-0.2, 0) is 0 Å². The van der Waals surface area contributed by atoms with Crippen molar-refractivity contribution in [1.82, 2.24) is 15.2 Å². The van der Waals surface area contributed by atoms with E-state index in [-0.39, 0.29) is 11.6 Å². The number of aliphatic hydroxyl groups excluding tert-OH is 1. The van der Waals surface area contributed by atoms with Crippen LogP contribution >= 0.6 is 0 Å². The van der Waals surface area contributed by atoms with Gasteiger partial charge in [-0.3, -0.25) is 4.90 Å². The van der Waals surface area contributed by atoms with Crippen LogP contribution in [0.2, 0.25) is 0 Å². The summed E-state index contributed by atoms with van der Waals surface area (Å²) in [4.78, 5) is 6.05. The molecule has 5 N–H and O–H groups in total. The van der Waals surface area contributed by atoms with Crippen LogP contribution in [0.3, 0.4) is 0 Å². The molecule has 1 aromatic heterocycles. The molecule has 0 bridgehead atoms. The molecule has 0 radical (unpaired) electrons. The number of aliphatic hydroxyl groups is 1. The Morgan fingerprint density at radius 2 is 1.79 bits per heavy atom. The monoisotopic (exact) mass is 328 g/mol. The van der Waals surface area contributed by atoms with Crippen molar-refractivity contribution in [3.05, 3.63) is 42.1 Å². The topological polar surface area (TPSA) is 94.6 Å². The molecule has 6 nitrogen and oxygen atoms in total. The number of nitrogens with zero attached hydrogens (tertiary/aromatic N) is 2. The second-order valence-electron chi connectivity index (χ2n) is 6.55. The Bertz CT molecular complexity index is 695. The first-order valence-electron chi connectivity index (χ1n) is 8.17. The van der Waals surface area contributed by atoms with Crippen molar-refractivity contribution < 1.29 is 10.2 Å². The Morgan fingerprint density at radius 3 is 2.38 bits per heavy atom. The minimum Gasteiger partial charge on any atom is -0.504 e. The Balaban J connectivity index is 1.77. The number of rotatable bonds is 3. The van der Waals surface area contributed by atoms with Crippen molar-refractivity contribution in [3.63, 3.8) is 0 Å². The highest BCUT2D eigenvalue weighted by Gasteiger charge is 2.26. The SMILES string of the molecule is C[C@@H]1CN(C(O)c2ccc(-c3cnc(N)c(O)c3)cc2)C[C@H](C)N1. The third-order valence-electron chi connectivity index (χ3n) is 4.37. The minimum atomic E-state index is -0.621. The molecule has 0 amide bonds. The zero-order valence-corrected chi connectivity index (χ0v) is 14.0. The lowest BCUT2D eigenvalue weighted by atomic mass is 10.0. The largest absolute Gasteiger partial charge is 0.504 e. The summed E-state index contributed by atoms with van der Waals surface area (Å²) in [6.07, 6.45) is 1.00. The summed E-state index contributed by atoms with van der Waals surface area (Å²) in [5.41, 5.74) is 8.08. The third-order valence-corrected chi connectivity index (χ3v) is 4.37. The number of anilines is 1. The zero-order chi connectivity index (χ0) is 17.3. The third kappa shape index (κ3) is 3.51. The smallest absolute Gasteiger partial charge is 0.165 e. The van der Waals surface area contributed by atoms with Crippen molar-refractivity contribution >= 4 is 5.82 Å². The second kappa shape index (κ2) is 6.76. The fourth-order valence-electron chi connectivity index (χ4n) is 3.25. The van der Waals surface area contributed by atoms with Gasteiger partial charge in [0.05, 0.1) is 0 Å². The van der Waals surface area contributed by atoms with Gasteiger partial charge in [0, 0.05) is 36.9 Å². The van der Waals surface area contributed by atoms with Crippen LogP contribution in [0.1, 0.15) is 25.6 Å². The van der Waals surface area contributed by atoms with Crippen LogP contribution in [0.15, 0.2) is 36.5 Å². The average molecular weight is 328 g/mol. The van der Waals surface area contributed by atoms with Crippen LogP contribution in [0, 0.1) is 0 Å². The van der Waals surface area contributed by atoms with Crippen molar-refractivity contribution in [2.45, 2.75) is 32.2 Å². The summed E-state index contributed by atoms with van der Waals surface area (Å²) in [6, 6.07) is 9.95. The molecule has 3 atom stereocenters. The van der Waals surface area contributed by atoms with Crippen molar-refractivity contribution in [1.29, 1.82) is 0 Å². The van der Waals surface area contributed by atoms with E-state index in [1.54, 1.807) is 12.3 Å². The first-order chi connectivity index (χ1) is 11.4. The zero-order valence-electron chi connectivity index (χ0n) is 14.0. The van der Waals surface area contributed by atoms with Crippen LogP contribution in [-0.4, -0.2) is 45.3 Å². The Hall–Kier alpha value is -2.15. The Labute approximate surface area is 141 Å². The predicted octanol–water partition coefficient (Wildman–Crippen LogP) is 1.71. The van der Waals surface area contributed by atoms with Crippen LogP contribution in [0.4, 0.5) is 5.82 Å². The van der Waals surface area contributed by atoms with Gasteiger partial charge < -0.3 is 21.3 Å². The van der Waals surface area contributed by atoms with Crippen LogP contribution in [0.25, 0.3) is 11.1 Å². The van der Waals surface area contributed by atoms with E-state index in [4.69, 9.17) is 5.73 Å². The van der Waals surface area contributed by atoms with E-state index in [1.165, 1.54) is 0 Å². The Morgan fingerprint density at radius 1 is 1.17 bits per heavy atom. The molecule has 1 aromatic carbocycles. The lowest BCUT2D eigenvalue weighted by molar-refractivity contribution is -0.0231. The average Bonchev–Trinajstić information content (AvgIpc) is 2.56. The summed E-state index contributed by atoms with van der Waals surface area (Å²) in [5, 5.41) is 23.8. The number of hydrogen-bond donors (Lipinski definition) is 4. The molecule has 1 fully saturated rings. The molecule has 1 aliphatic heterocycles. The first kappa shape index (κ1) is 16.7. The number of pyridine rings is 1. The number of aromatic nitrogens is 1. The summed E-state index contributed by atoms with van der Waals surface area (Å²) in [5.74, 6) is 0.0909. The minimum absolute atomic E-state index is 0.0274. The van der Waals surface area contributed by atoms with E-state index in [9.17, 15) is 10.2 Å². The number of nitrogen functional groups attached to an aromatic ring is 1. The van der Waals surface area contributed by atoms with Crippen molar-refractivity contribution in [3.8, 4) is 16.9 Å². The van der Waals surface area contributed by atoms with Gasteiger partial charge in [0.2, 0.25) is 0 Å². The molecule has 2 heterocycles. The van der Waals surface area contributed by atoms with Gasteiger partial charge in [0.25, 0.3) is 0 Å². The van der Waals surface area contributed by atoms with Crippen molar-refractivity contribution in [2.24, 2.45) is 0 Å². The molecular formula is C18H24N4O2. The Kier molecular flexibility index (Phi) is 4.71. The molecule has 1 saturated heterocycles. The van der Waals surface area contributed by atoms with E-state index in [0.29, 0.717) is 12.1 Å². The van der Waals surface area contributed by atoms with E-state index in [2.05, 4.69) is 29.0 Å². The van der Waals surface area contributed by atoms with E-state index < -0.39 is 6.23 Å². The van der Waals surface area contributed by atoms with Gasteiger partial charge in [-0.25, -0.2) is 4.98 Å². The van der Waals surface area contributed by atoms with Gasteiger partial charge in [0.15, 0.2) is 11.6 Å². The van der Waals surface area contributed by atoms with E-state index in [1.807, 2.05) is 24.3 Å². The van der Waals surface area contributed by atoms with Crippen molar-refractivity contribution in [2.75, 3.05) is 18.8 Å². The van der Waals surface area contributed by atoms with E-state index >= 15 is 0 Å². The molecule has 1 aliphatic rings. The van der Waals surface area contributed by atoms with Gasteiger partial charge in [-0.15, -0.1) is 0 Å². The maximum absolute atomic E-state index is 10.7. The number of nitrogens with two attached hydrogens (primary N) is 1. The maximum Gasteiger partial charge on any atom is 0.165 e. The molecular weight excluding hydrogens is 304 g/mol.